The van der Waals surface area contributed by atoms with Crippen molar-refractivity contribution < 1.29 is 19.4 Å². The van der Waals surface area contributed by atoms with Gasteiger partial charge >= 0.3 is 5.97 Å². The Morgan fingerprint density at radius 3 is 2.65 bits per heavy atom. The van der Waals surface area contributed by atoms with E-state index in [4.69, 9.17) is 14.5 Å². The monoisotopic (exact) mass is 519 g/mol. The number of carboxylic acids is 1. The Hall–Kier alpha value is -2.94. The molecule has 1 saturated carbocycles. The Morgan fingerprint density at radius 2 is 1.92 bits per heavy atom. The molecule has 3 fully saturated rings. The minimum absolute atomic E-state index is 0.163. The summed E-state index contributed by atoms with van der Waals surface area (Å²) in [6, 6.07) is 12.9. The van der Waals surface area contributed by atoms with E-state index in [0.717, 1.165) is 73.6 Å². The number of ether oxygens (including phenoxy) is 2. The van der Waals surface area contributed by atoms with Crippen LogP contribution in [0.2, 0.25) is 0 Å². The van der Waals surface area contributed by atoms with Crippen molar-refractivity contribution in [3.05, 3.63) is 64.0 Å². The van der Waals surface area contributed by atoms with Crippen molar-refractivity contribution >= 4 is 22.4 Å². The average Bonchev–Trinajstić information content (AvgIpc) is 3.21. The molecule has 37 heavy (non-hydrogen) atoms. The second-order valence-corrected chi connectivity index (χ2v) is 11.4. The molecule has 8 heteroatoms. The number of morpholine rings is 1. The molecule has 2 aromatic carbocycles. The summed E-state index contributed by atoms with van der Waals surface area (Å²) < 4.78 is 11.8. The first-order valence-electron chi connectivity index (χ1n) is 13.0. The van der Waals surface area contributed by atoms with Crippen molar-refractivity contribution in [3.63, 3.8) is 0 Å². The van der Waals surface area contributed by atoms with E-state index in [1.54, 1.807) is 11.3 Å². The van der Waals surface area contributed by atoms with Gasteiger partial charge in [0, 0.05) is 43.7 Å². The largest absolute Gasteiger partial charge is 0.488 e. The number of carboxylic acid groups (broad SMARTS) is 1. The van der Waals surface area contributed by atoms with Gasteiger partial charge in [-0.1, -0.05) is 29.8 Å². The summed E-state index contributed by atoms with van der Waals surface area (Å²) in [6.07, 6.45) is 0. The third-order valence-corrected chi connectivity index (χ3v) is 8.85. The molecule has 1 unspecified atom stereocenters. The van der Waals surface area contributed by atoms with Gasteiger partial charge in [-0.25, -0.2) is 4.98 Å². The zero-order chi connectivity index (χ0) is 25.5. The summed E-state index contributed by atoms with van der Waals surface area (Å²) in [5, 5.41) is 12.4. The summed E-state index contributed by atoms with van der Waals surface area (Å²) in [7, 11) is 0. The van der Waals surface area contributed by atoms with Gasteiger partial charge in [-0.3, -0.25) is 9.69 Å². The lowest BCUT2D eigenvalue weighted by atomic mass is 10.0. The number of aromatic nitrogens is 1. The van der Waals surface area contributed by atoms with E-state index in [0.29, 0.717) is 6.61 Å². The maximum Gasteiger partial charge on any atom is 0.307 e. The lowest BCUT2D eigenvalue weighted by molar-refractivity contribution is -0.139. The number of piperidine rings is 1. The number of aliphatic carboxylic acids is 1. The highest BCUT2D eigenvalue weighted by molar-refractivity contribution is 7.14. The molecule has 194 valence electrons. The number of fused-ring (bicyclic) bond motifs is 1. The van der Waals surface area contributed by atoms with Crippen LogP contribution in [0.1, 0.15) is 22.3 Å². The molecule has 2 aliphatic heterocycles. The van der Waals surface area contributed by atoms with Crippen LogP contribution >= 0.6 is 11.3 Å². The summed E-state index contributed by atoms with van der Waals surface area (Å²) in [6.45, 7) is 10.9. The molecule has 3 heterocycles. The molecule has 3 aliphatic rings. The number of benzene rings is 2. The van der Waals surface area contributed by atoms with E-state index in [2.05, 4.69) is 59.4 Å². The number of aryl methyl sites for hydroxylation is 2. The first-order valence-corrected chi connectivity index (χ1v) is 13.9. The van der Waals surface area contributed by atoms with Crippen molar-refractivity contribution in [2.45, 2.75) is 27.0 Å². The zero-order valence-corrected chi connectivity index (χ0v) is 22.2. The standard InChI is InChI=1S/C29H33N3O4S/c1-18-3-6-26(36-16-21-5-4-20(12-19(21)2)13-31-7-9-35-10-8-31)22(11-18)25-17-37-29(30-25)32-14-23-24(15-32)27(23)28(33)34/h3-6,11-12,17,23-24,27H,7-10,13-16H2,1-2H3,(H,33,34)/t23-,24+,27?. The first kappa shape index (κ1) is 24.4. The molecule has 1 aliphatic carbocycles. The molecule has 0 bridgehead atoms. The number of thiazole rings is 1. The lowest BCUT2D eigenvalue weighted by Crippen LogP contribution is -2.35. The van der Waals surface area contributed by atoms with Gasteiger partial charge in [0.05, 0.1) is 24.8 Å². The first-order chi connectivity index (χ1) is 18.0. The van der Waals surface area contributed by atoms with E-state index in [-0.39, 0.29) is 17.8 Å². The second-order valence-electron chi connectivity index (χ2n) is 10.5. The molecule has 1 aromatic heterocycles. The Morgan fingerprint density at radius 1 is 1.14 bits per heavy atom. The third kappa shape index (κ3) is 5.10. The number of hydrogen-bond donors (Lipinski definition) is 1. The average molecular weight is 520 g/mol. The Balaban J connectivity index is 1.13. The molecule has 3 atom stereocenters. The molecular formula is C29H33N3O4S. The van der Waals surface area contributed by atoms with Crippen LogP contribution < -0.4 is 9.64 Å². The topological polar surface area (TPSA) is 75.1 Å². The van der Waals surface area contributed by atoms with Crippen LogP contribution in [-0.4, -0.2) is 60.4 Å². The summed E-state index contributed by atoms with van der Waals surface area (Å²) in [5.74, 6) is 0.550. The highest BCUT2D eigenvalue weighted by Crippen LogP contribution is 2.53. The van der Waals surface area contributed by atoms with Crippen molar-refractivity contribution in [2.75, 3.05) is 44.3 Å². The SMILES string of the molecule is Cc1ccc(OCc2ccc(CN3CCOCC3)cc2C)c(-c2csc(N3C[C@@H]4C(C(=O)O)[C@@H]4C3)n2)c1. The molecule has 0 spiro atoms. The van der Waals surface area contributed by atoms with Gasteiger partial charge in [0.2, 0.25) is 0 Å². The van der Waals surface area contributed by atoms with Crippen LogP contribution in [-0.2, 0) is 22.7 Å². The molecule has 1 N–H and O–H groups in total. The molecule has 3 aromatic rings. The summed E-state index contributed by atoms with van der Waals surface area (Å²) >= 11 is 1.62. The number of nitrogens with zero attached hydrogens (tertiary/aromatic N) is 3. The third-order valence-electron chi connectivity index (χ3n) is 7.95. The molecule has 0 radical (unpaired) electrons. The Labute approximate surface area is 221 Å². The normalized spacial score (nSPS) is 23.2. The number of anilines is 1. The summed E-state index contributed by atoms with van der Waals surface area (Å²) in [5.41, 5.74) is 6.81. The molecule has 7 nitrogen and oxygen atoms in total. The maximum atomic E-state index is 11.3. The number of hydrogen-bond acceptors (Lipinski definition) is 7. The predicted octanol–water partition coefficient (Wildman–Crippen LogP) is 4.60. The molecule has 6 rings (SSSR count). The fraction of sp³-hybridized carbons (Fsp3) is 0.448. The van der Waals surface area contributed by atoms with Gasteiger partial charge in [0.15, 0.2) is 5.13 Å². The van der Waals surface area contributed by atoms with Crippen LogP contribution in [0.5, 0.6) is 5.75 Å². The Kier molecular flexibility index (Phi) is 6.65. The van der Waals surface area contributed by atoms with Crippen LogP contribution in [0, 0.1) is 31.6 Å². The van der Waals surface area contributed by atoms with Gasteiger partial charge in [0.25, 0.3) is 0 Å². The summed E-state index contributed by atoms with van der Waals surface area (Å²) in [4.78, 5) is 20.9. The van der Waals surface area contributed by atoms with Crippen LogP contribution in [0.25, 0.3) is 11.3 Å². The quantitative estimate of drug-likeness (QED) is 0.466. The van der Waals surface area contributed by atoms with Crippen LogP contribution in [0.3, 0.4) is 0 Å². The van der Waals surface area contributed by atoms with Gasteiger partial charge in [-0.15, -0.1) is 11.3 Å². The van der Waals surface area contributed by atoms with Gasteiger partial charge in [-0.05, 0) is 54.5 Å². The molecule has 2 saturated heterocycles. The van der Waals surface area contributed by atoms with Crippen LogP contribution in [0.15, 0.2) is 41.8 Å². The fourth-order valence-electron chi connectivity index (χ4n) is 5.74. The zero-order valence-electron chi connectivity index (χ0n) is 21.4. The van der Waals surface area contributed by atoms with E-state index in [1.165, 1.54) is 16.7 Å². The van der Waals surface area contributed by atoms with Crippen molar-refractivity contribution in [1.29, 1.82) is 0 Å². The number of carbonyl (C=O) groups is 1. The van der Waals surface area contributed by atoms with E-state index < -0.39 is 5.97 Å². The minimum Gasteiger partial charge on any atom is -0.488 e. The fourth-order valence-corrected chi connectivity index (χ4v) is 6.59. The smallest absolute Gasteiger partial charge is 0.307 e. The molecular weight excluding hydrogens is 486 g/mol. The van der Waals surface area contributed by atoms with Gasteiger partial charge < -0.3 is 19.5 Å². The van der Waals surface area contributed by atoms with Crippen molar-refractivity contribution in [3.8, 4) is 17.0 Å². The molecule has 0 amide bonds. The highest BCUT2D eigenvalue weighted by atomic mass is 32.1. The maximum absolute atomic E-state index is 11.3. The van der Waals surface area contributed by atoms with Gasteiger partial charge in [-0.2, -0.15) is 0 Å². The van der Waals surface area contributed by atoms with E-state index >= 15 is 0 Å². The number of rotatable bonds is 8. The minimum atomic E-state index is -0.655. The van der Waals surface area contributed by atoms with Crippen LogP contribution in [0.4, 0.5) is 5.13 Å². The lowest BCUT2D eigenvalue weighted by Gasteiger charge is -2.26. The van der Waals surface area contributed by atoms with E-state index in [9.17, 15) is 9.90 Å². The highest BCUT2D eigenvalue weighted by Gasteiger charge is 2.60. The second kappa shape index (κ2) is 10.1. The van der Waals surface area contributed by atoms with Crippen molar-refractivity contribution in [2.24, 2.45) is 17.8 Å². The van der Waals surface area contributed by atoms with Crippen molar-refractivity contribution in [1.82, 2.24) is 9.88 Å². The predicted molar refractivity (Wildman–Crippen MR) is 144 cm³/mol. The van der Waals surface area contributed by atoms with Gasteiger partial charge in [0.1, 0.15) is 12.4 Å². The van der Waals surface area contributed by atoms with E-state index in [1.807, 2.05) is 6.07 Å². The Bertz CT molecular complexity index is 1290.